The highest BCUT2D eigenvalue weighted by Crippen LogP contribution is 2.12. The van der Waals surface area contributed by atoms with Crippen molar-refractivity contribution in [2.24, 2.45) is 11.7 Å². The third-order valence-electron chi connectivity index (χ3n) is 6.61. The van der Waals surface area contributed by atoms with E-state index in [0.29, 0.717) is 24.1 Å². The summed E-state index contributed by atoms with van der Waals surface area (Å²) < 4.78 is 0. The molecule has 0 aromatic heterocycles. The lowest BCUT2D eigenvalue weighted by molar-refractivity contribution is -0.137. The number of nitrogens with zero attached hydrogens (tertiary/aromatic N) is 1. The summed E-state index contributed by atoms with van der Waals surface area (Å²) in [6, 6.07) is 4.07. The number of urea groups is 1. The molecule has 45 heavy (non-hydrogen) atoms. The normalized spacial score (nSPS) is 13.3. The molecule has 1 aromatic rings. The zero-order valence-corrected chi connectivity index (χ0v) is 24.7. The third kappa shape index (κ3) is 14.2. The number of anilines is 1. The second-order valence-corrected chi connectivity index (χ2v) is 10.4. The van der Waals surface area contributed by atoms with Crippen molar-refractivity contribution < 1.29 is 33.6 Å². The number of Topliss-reactive ketones (excluding diaryl/α,β-unsaturated/α-hetero) is 1. The summed E-state index contributed by atoms with van der Waals surface area (Å²) in [5.74, 6) is -2.18. The van der Waals surface area contributed by atoms with Gasteiger partial charge in [0, 0.05) is 56.0 Å². The summed E-state index contributed by atoms with van der Waals surface area (Å²) in [4.78, 5) is 85.3. The molecule has 0 spiro atoms. The monoisotopic (exact) mass is 631 g/mol. The topological polar surface area (TPSA) is 209 Å². The molecular weight excluding hydrogens is 582 g/mol. The zero-order valence-electron chi connectivity index (χ0n) is 24.7. The van der Waals surface area contributed by atoms with E-state index in [0.717, 1.165) is 4.90 Å². The van der Waals surface area contributed by atoms with Crippen LogP contribution in [0.4, 0.5) is 10.5 Å². The van der Waals surface area contributed by atoms with Crippen LogP contribution in [0.25, 0.3) is 0 Å². The van der Waals surface area contributed by atoms with E-state index in [-0.39, 0.29) is 71.5 Å². The van der Waals surface area contributed by atoms with Gasteiger partial charge in [0.25, 0.3) is 11.8 Å². The third-order valence-corrected chi connectivity index (χ3v) is 6.61. The molecule has 2 rings (SSSR count). The summed E-state index contributed by atoms with van der Waals surface area (Å²) in [7, 11) is 0. The van der Waals surface area contributed by atoms with Crippen LogP contribution in [0.3, 0.4) is 0 Å². The van der Waals surface area contributed by atoms with Crippen LogP contribution >= 0.6 is 0 Å². The largest absolute Gasteiger partial charge is 0.355 e. The van der Waals surface area contributed by atoms with E-state index in [9.17, 15) is 33.6 Å². The minimum atomic E-state index is -0.929. The number of benzene rings is 1. The maximum Gasteiger partial charge on any atom is 0.312 e. The fourth-order valence-corrected chi connectivity index (χ4v) is 4.26. The van der Waals surface area contributed by atoms with Gasteiger partial charge in [0.05, 0.1) is 6.04 Å². The summed E-state index contributed by atoms with van der Waals surface area (Å²) in [5.41, 5.74) is 6.06. The van der Waals surface area contributed by atoms with Crippen LogP contribution in [0.15, 0.2) is 36.4 Å². The van der Waals surface area contributed by atoms with Gasteiger partial charge in [0.2, 0.25) is 17.7 Å². The Bertz CT molecular complexity index is 1200. The molecule has 1 aromatic carbocycles. The number of rotatable bonds is 18. The molecule has 0 saturated carbocycles. The van der Waals surface area contributed by atoms with Gasteiger partial charge < -0.3 is 32.3 Å². The van der Waals surface area contributed by atoms with Gasteiger partial charge in [0.1, 0.15) is 6.04 Å². The first-order chi connectivity index (χ1) is 20.4. The summed E-state index contributed by atoms with van der Waals surface area (Å²) in [6.07, 6.45) is 3.43. The molecule has 7 N–H and O–H groups in total. The molecule has 0 aliphatic carbocycles. The Hall–Kier alpha value is -4.59. The van der Waals surface area contributed by atoms with Crippen molar-refractivity contribution in [1.29, 1.82) is 0 Å². The molecular formula is C31H49N7O7. The number of imide groups is 1. The van der Waals surface area contributed by atoms with Crippen molar-refractivity contribution in [3.63, 3.8) is 0 Å². The first kappa shape index (κ1) is 40.4. The Labute approximate surface area is 265 Å². The maximum atomic E-state index is 13.2. The molecule has 0 fully saturated rings. The molecule has 7 amide bonds. The van der Waals surface area contributed by atoms with Crippen LogP contribution in [0, 0.1) is 5.92 Å². The molecule has 0 saturated heterocycles. The van der Waals surface area contributed by atoms with Crippen molar-refractivity contribution >= 4 is 47.0 Å². The number of hydrogen-bond acceptors (Lipinski definition) is 8. The number of primary amides is 1. The number of nitrogens with one attached hydrogen (secondary N) is 5. The van der Waals surface area contributed by atoms with E-state index in [1.54, 1.807) is 24.3 Å². The average Bonchev–Trinajstić information content (AvgIpc) is 3.26. The SMILES string of the molecule is C.C.CC(=O)c1ccc(NC(=O)[C@H](CCCNC(N)=O)NC(=O)[C@@H](NCCNC(=O)CCCN2C(=O)C=CC2=O)C(C)C)cc1. The van der Waals surface area contributed by atoms with Crippen LogP contribution in [-0.2, 0) is 24.0 Å². The van der Waals surface area contributed by atoms with Gasteiger partial charge in [-0.05, 0) is 56.4 Å². The molecule has 14 nitrogen and oxygen atoms in total. The predicted molar refractivity (Wildman–Crippen MR) is 172 cm³/mol. The van der Waals surface area contributed by atoms with E-state index in [1.807, 2.05) is 13.8 Å². The zero-order chi connectivity index (χ0) is 31.9. The lowest BCUT2D eigenvalue weighted by atomic mass is 10.0. The number of hydrogen-bond donors (Lipinski definition) is 6. The number of nitrogens with two attached hydrogens (primary N) is 1. The summed E-state index contributed by atoms with van der Waals surface area (Å²) in [6.45, 7) is 6.00. The Kier molecular flexibility index (Phi) is 18.3. The molecule has 0 unspecified atom stereocenters. The fourth-order valence-electron chi connectivity index (χ4n) is 4.26. The Balaban J connectivity index is 0.00000968. The molecule has 0 bridgehead atoms. The second-order valence-electron chi connectivity index (χ2n) is 10.4. The van der Waals surface area contributed by atoms with Gasteiger partial charge in [-0.15, -0.1) is 0 Å². The number of carbonyl (C=O) groups excluding carboxylic acids is 7. The highest BCUT2D eigenvalue weighted by Gasteiger charge is 2.27. The molecule has 14 heteroatoms. The summed E-state index contributed by atoms with van der Waals surface area (Å²) in [5, 5.41) is 13.8. The molecule has 0 radical (unpaired) electrons. The Morgan fingerprint density at radius 1 is 0.844 bits per heavy atom. The van der Waals surface area contributed by atoms with E-state index >= 15 is 0 Å². The molecule has 250 valence electrons. The van der Waals surface area contributed by atoms with Gasteiger partial charge in [-0.1, -0.05) is 28.7 Å². The molecule has 1 aliphatic heterocycles. The van der Waals surface area contributed by atoms with Gasteiger partial charge in [-0.2, -0.15) is 0 Å². The number of amides is 7. The standard InChI is InChI=1S/C29H41N7O7.2CH4/c1-18(2)26(32-16-15-31-23(38)7-5-17-36-24(39)12-13-25(36)40)28(42)35-22(6-4-14-33-29(30)43)27(41)34-21-10-8-20(9-11-21)19(3)37;;/h8-13,18,22,26,32H,4-7,14-17H2,1-3H3,(H,31,38)(H,34,41)(H,35,42)(H3,30,33,43);2*1H4/t22-,26-;;/m0../s1. The van der Waals surface area contributed by atoms with E-state index in [1.165, 1.54) is 19.1 Å². The van der Waals surface area contributed by atoms with Crippen molar-refractivity contribution in [1.82, 2.24) is 26.2 Å². The van der Waals surface area contributed by atoms with Crippen LogP contribution in [0.1, 0.15) is 71.7 Å². The van der Waals surface area contributed by atoms with E-state index in [4.69, 9.17) is 5.73 Å². The number of carbonyl (C=O) groups is 7. The lowest BCUT2D eigenvalue weighted by Gasteiger charge is -2.25. The number of ketones is 1. The van der Waals surface area contributed by atoms with Crippen molar-refractivity contribution in [2.45, 2.75) is 73.4 Å². The minimum Gasteiger partial charge on any atom is -0.355 e. The average molecular weight is 632 g/mol. The highest BCUT2D eigenvalue weighted by atomic mass is 16.2. The minimum absolute atomic E-state index is 0. The van der Waals surface area contributed by atoms with Gasteiger partial charge in [-0.25, -0.2) is 4.79 Å². The van der Waals surface area contributed by atoms with Gasteiger partial charge >= 0.3 is 6.03 Å². The Morgan fingerprint density at radius 3 is 2.02 bits per heavy atom. The predicted octanol–water partition coefficient (Wildman–Crippen LogP) is 1.47. The first-order valence-electron chi connectivity index (χ1n) is 14.2. The fraction of sp³-hybridized carbons (Fsp3) is 0.516. The maximum absolute atomic E-state index is 13.2. The van der Waals surface area contributed by atoms with Crippen LogP contribution in [0.5, 0.6) is 0 Å². The van der Waals surface area contributed by atoms with E-state index < -0.39 is 41.7 Å². The quantitative estimate of drug-likeness (QED) is 0.0792. The van der Waals surface area contributed by atoms with Crippen molar-refractivity contribution in [2.75, 3.05) is 31.5 Å². The molecule has 1 heterocycles. The first-order valence-corrected chi connectivity index (χ1v) is 14.2. The smallest absolute Gasteiger partial charge is 0.312 e. The second kappa shape index (κ2) is 20.4. The van der Waals surface area contributed by atoms with Gasteiger partial charge in [0.15, 0.2) is 5.78 Å². The van der Waals surface area contributed by atoms with Crippen LogP contribution in [-0.4, -0.2) is 84.5 Å². The van der Waals surface area contributed by atoms with Crippen LogP contribution < -0.4 is 32.3 Å². The molecule has 1 aliphatic rings. The van der Waals surface area contributed by atoms with Crippen LogP contribution in [0.2, 0.25) is 0 Å². The van der Waals surface area contributed by atoms with E-state index in [2.05, 4.69) is 26.6 Å². The van der Waals surface area contributed by atoms with Gasteiger partial charge in [-0.3, -0.25) is 33.7 Å². The molecule has 2 atom stereocenters. The summed E-state index contributed by atoms with van der Waals surface area (Å²) >= 11 is 0. The van der Waals surface area contributed by atoms with Crippen molar-refractivity contribution in [3.8, 4) is 0 Å². The Morgan fingerprint density at radius 2 is 1.47 bits per heavy atom. The highest BCUT2D eigenvalue weighted by molar-refractivity contribution is 6.12. The van der Waals surface area contributed by atoms with Crippen molar-refractivity contribution in [3.05, 3.63) is 42.0 Å². The lowest BCUT2D eigenvalue weighted by Crippen LogP contribution is -2.54.